The predicted octanol–water partition coefficient (Wildman–Crippen LogP) is 3.75. The summed E-state index contributed by atoms with van der Waals surface area (Å²) in [5.41, 5.74) is 3.73. The van der Waals surface area contributed by atoms with Crippen molar-refractivity contribution in [2.45, 2.75) is 51.1 Å². The van der Waals surface area contributed by atoms with E-state index >= 15 is 0 Å². The standard InChI is InChI=1S/C23H26N6O/c1-15-7-17-8-16(12-23(2,11-15)26-17)9-18-13-25-22(28-27-18)20-4-3-19(10-21(20)30)29-6-5-24-14-29/h3-6,9-10,13-15,17,26,30H,7-8,11-12H2,1-2H3/b16-9+/t15-,17?,23-/m0/s1. The molecule has 0 saturated carbocycles. The van der Waals surface area contributed by atoms with E-state index in [9.17, 15) is 5.11 Å². The number of aromatic nitrogens is 5. The van der Waals surface area contributed by atoms with Gasteiger partial charge in [-0.1, -0.05) is 12.5 Å². The van der Waals surface area contributed by atoms with Crippen LogP contribution >= 0.6 is 0 Å². The third-order valence-corrected chi connectivity index (χ3v) is 6.12. The molecule has 7 heteroatoms. The summed E-state index contributed by atoms with van der Waals surface area (Å²) >= 11 is 0. The first kappa shape index (κ1) is 18.9. The molecule has 1 aromatic carbocycles. The molecule has 2 aliphatic heterocycles. The maximum atomic E-state index is 10.5. The van der Waals surface area contributed by atoms with Crippen LogP contribution < -0.4 is 5.32 Å². The Kier molecular flexibility index (Phi) is 4.62. The van der Waals surface area contributed by atoms with Gasteiger partial charge in [-0.2, -0.15) is 0 Å². The molecule has 4 heterocycles. The molecule has 1 unspecified atom stereocenters. The van der Waals surface area contributed by atoms with Crippen LogP contribution in [0.2, 0.25) is 0 Å². The Morgan fingerprint density at radius 1 is 1.30 bits per heavy atom. The minimum Gasteiger partial charge on any atom is -0.507 e. The Hall–Kier alpha value is -3.06. The van der Waals surface area contributed by atoms with Crippen LogP contribution in [0.4, 0.5) is 0 Å². The summed E-state index contributed by atoms with van der Waals surface area (Å²) in [6.07, 6.45) is 13.6. The molecule has 2 aromatic heterocycles. The van der Waals surface area contributed by atoms with Crippen molar-refractivity contribution in [3.05, 3.63) is 54.4 Å². The number of phenolic OH excluding ortho intramolecular Hbond substituents is 1. The van der Waals surface area contributed by atoms with E-state index in [1.165, 1.54) is 18.4 Å². The van der Waals surface area contributed by atoms with Crippen molar-refractivity contribution in [3.8, 4) is 22.8 Å². The molecular formula is C23H26N6O. The Morgan fingerprint density at radius 2 is 2.20 bits per heavy atom. The van der Waals surface area contributed by atoms with Crippen molar-refractivity contribution in [2.75, 3.05) is 0 Å². The number of benzene rings is 1. The highest BCUT2D eigenvalue weighted by Crippen LogP contribution is 2.39. The van der Waals surface area contributed by atoms with Gasteiger partial charge in [-0.15, -0.1) is 10.2 Å². The summed E-state index contributed by atoms with van der Waals surface area (Å²) in [4.78, 5) is 8.49. The molecule has 2 fully saturated rings. The van der Waals surface area contributed by atoms with Crippen molar-refractivity contribution in [1.29, 1.82) is 0 Å². The highest BCUT2D eigenvalue weighted by Gasteiger charge is 2.39. The summed E-state index contributed by atoms with van der Waals surface area (Å²) in [6.45, 7) is 4.68. The van der Waals surface area contributed by atoms with Crippen LogP contribution in [0.15, 0.2) is 48.7 Å². The lowest BCUT2D eigenvalue weighted by molar-refractivity contribution is 0.148. The number of fused-ring (bicyclic) bond motifs is 2. The van der Waals surface area contributed by atoms with E-state index in [4.69, 9.17) is 0 Å². The highest BCUT2D eigenvalue weighted by atomic mass is 16.3. The topological polar surface area (TPSA) is 88.8 Å². The molecule has 0 amide bonds. The lowest BCUT2D eigenvalue weighted by Gasteiger charge is -2.48. The average molecular weight is 403 g/mol. The van der Waals surface area contributed by atoms with Crippen molar-refractivity contribution < 1.29 is 5.11 Å². The van der Waals surface area contributed by atoms with Crippen molar-refractivity contribution in [1.82, 2.24) is 30.0 Å². The van der Waals surface area contributed by atoms with E-state index in [1.54, 1.807) is 30.9 Å². The number of phenols is 1. The highest BCUT2D eigenvalue weighted by molar-refractivity contribution is 5.66. The molecule has 5 rings (SSSR count). The third-order valence-electron chi connectivity index (χ3n) is 6.12. The minimum absolute atomic E-state index is 0.113. The normalized spacial score (nSPS) is 27.3. The second kappa shape index (κ2) is 7.32. The number of hydrogen-bond acceptors (Lipinski definition) is 6. The zero-order chi connectivity index (χ0) is 20.7. The minimum atomic E-state index is 0.113. The Bertz CT molecular complexity index is 1070. The summed E-state index contributed by atoms with van der Waals surface area (Å²) in [5.74, 6) is 1.30. The van der Waals surface area contributed by atoms with Crippen LogP contribution in [0, 0.1) is 5.92 Å². The monoisotopic (exact) mass is 402 g/mol. The molecule has 2 bridgehead atoms. The number of nitrogens with one attached hydrogen (secondary N) is 1. The predicted molar refractivity (Wildman–Crippen MR) is 115 cm³/mol. The number of piperidine rings is 2. The first-order valence-corrected chi connectivity index (χ1v) is 10.5. The van der Waals surface area contributed by atoms with Gasteiger partial charge in [0.25, 0.3) is 0 Å². The fourth-order valence-corrected chi connectivity index (χ4v) is 5.17. The van der Waals surface area contributed by atoms with E-state index in [-0.39, 0.29) is 11.3 Å². The zero-order valence-electron chi connectivity index (χ0n) is 17.3. The SMILES string of the molecule is C[C@H]1CC2C/C(=C\c3cnc(-c4ccc(-n5ccnc5)cc4O)nn3)C[C@](C)(C1)N2. The van der Waals surface area contributed by atoms with Gasteiger partial charge >= 0.3 is 0 Å². The van der Waals surface area contributed by atoms with Gasteiger partial charge in [0, 0.05) is 30.0 Å². The summed E-state index contributed by atoms with van der Waals surface area (Å²) in [5, 5.41) is 22.9. The quantitative estimate of drug-likeness (QED) is 0.694. The fraction of sp³-hybridized carbons (Fsp3) is 0.391. The maximum absolute atomic E-state index is 10.5. The van der Waals surface area contributed by atoms with E-state index in [1.807, 2.05) is 16.8 Å². The third kappa shape index (κ3) is 3.73. The molecule has 154 valence electrons. The van der Waals surface area contributed by atoms with Gasteiger partial charge in [0.05, 0.1) is 23.8 Å². The number of rotatable bonds is 3. The lowest BCUT2D eigenvalue weighted by atomic mass is 9.71. The second-order valence-electron chi connectivity index (χ2n) is 9.01. The number of hydrogen-bond donors (Lipinski definition) is 2. The smallest absolute Gasteiger partial charge is 0.185 e. The Balaban J connectivity index is 1.36. The van der Waals surface area contributed by atoms with E-state index < -0.39 is 0 Å². The molecule has 30 heavy (non-hydrogen) atoms. The van der Waals surface area contributed by atoms with Crippen molar-refractivity contribution >= 4 is 6.08 Å². The summed E-state index contributed by atoms with van der Waals surface area (Å²) in [6, 6.07) is 5.91. The van der Waals surface area contributed by atoms with Gasteiger partial charge in [-0.05, 0) is 56.7 Å². The van der Waals surface area contributed by atoms with Gasteiger partial charge in [0.2, 0.25) is 0 Å². The Labute approximate surface area is 175 Å². The van der Waals surface area contributed by atoms with E-state index in [0.29, 0.717) is 17.4 Å². The number of imidazole rings is 1. The zero-order valence-corrected chi connectivity index (χ0v) is 17.3. The maximum Gasteiger partial charge on any atom is 0.185 e. The van der Waals surface area contributed by atoms with Crippen molar-refractivity contribution in [3.63, 3.8) is 0 Å². The molecule has 0 radical (unpaired) electrons. The lowest BCUT2D eigenvalue weighted by Crippen LogP contribution is -2.57. The number of aromatic hydroxyl groups is 1. The van der Waals surface area contributed by atoms with Gasteiger partial charge < -0.3 is 15.0 Å². The van der Waals surface area contributed by atoms with Crippen LogP contribution in [-0.4, -0.2) is 41.4 Å². The summed E-state index contributed by atoms with van der Waals surface area (Å²) in [7, 11) is 0. The van der Waals surface area contributed by atoms with Crippen molar-refractivity contribution in [2.24, 2.45) is 5.92 Å². The van der Waals surface area contributed by atoms with Crippen LogP contribution in [0.25, 0.3) is 23.2 Å². The van der Waals surface area contributed by atoms with Crippen LogP contribution in [0.5, 0.6) is 5.75 Å². The van der Waals surface area contributed by atoms with Gasteiger partial charge in [-0.25, -0.2) is 9.97 Å². The molecule has 2 saturated heterocycles. The molecule has 2 N–H and O–H groups in total. The molecule has 3 aromatic rings. The second-order valence-corrected chi connectivity index (χ2v) is 9.01. The average Bonchev–Trinajstić information content (AvgIpc) is 3.22. The van der Waals surface area contributed by atoms with Crippen LogP contribution in [-0.2, 0) is 0 Å². The molecule has 7 nitrogen and oxygen atoms in total. The summed E-state index contributed by atoms with van der Waals surface area (Å²) < 4.78 is 1.83. The molecular weight excluding hydrogens is 376 g/mol. The molecule has 2 aliphatic rings. The first-order valence-electron chi connectivity index (χ1n) is 10.5. The van der Waals surface area contributed by atoms with Gasteiger partial charge in [0.15, 0.2) is 5.82 Å². The van der Waals surface area contributed by atoms with Crippen LogP contribution in [0.1, 0.15) is 45.2 Å². The van der Waals surface area contributed by atoms with Gasteiger partial charge in [-0.3, -0.25) is 0 Å². The van der Waals surface area contributed by atoms with Crippen LogP contribution in [0.3, 0.4) is 0 Å². The molecule has 0 aliphatic carbocycles. The fourth-order valence-electron chi connectivity index (χ4n) is 5.17. The molecule has 3 atom stereocenters. The van der Waals surface area contributed by atoms with E-state index in [0.717, 1.165) is 30.1 Å². The number of nitrogens with zero attached hydrogens (tertiary/aromatic N) is 5. The largest absolute Gasteiger partial charge is 0.507 e. The van der Waals surface area contributed by atoms with Gasteiger partial charge in [0.1, 0.15) is 11.4 Å². The first-order chi connectivity index (χ1) is 14.5. The van der Waals surface area contributed by atoms with E-state index in [2.05, 4.69) is 45.4 Å². The Morgan fingerprint density at radius 3 is 2.90 bits per heavy atom. The molecule has 0 spiro atoms.